The Morgan fingerprint density at radius 3 is 1.93 bits per heavy atom. The van der Waals surface area contributed by atoms with Gasteiger partial charge in [0.15, 0.2) is 5.78 Å². The Labute approximate surface area is 166 Å². The van der Waals surface area contributed by atoms with Crippen molar-refractivity contribution in [2.45, 2.75) is 38.5 Å². The van der Waals surface area contributed by atoms with Crippen LogP contribution in [0, 0.1) is 23.2 Å². The molecule has 1 aliphatic heterocycles. The zero-order valence-electron chi connectivity index (χ0n) is 16.5. The van der Waals surface area contributed by atoms with Crippen molar-refractivity contribution in [1.82, 2.24) is 4.90 Å². The molecule has 0 atom stereocenters. The van der Waals surface area contributed by atoms with Crippen molar-refractivity contribution >= 4 is 17.4 Å². The largest absolute Gasteiger partial charge is 0.478 e. The summed E-state index contributed by atoms with van der Waals surface area (Å²) in [6.07, 6.45) is 7.62. The number of hydrogen-bond acceptors (Lipinski definition) is 4. The monoisotopic (exact) mass is 382 g/mol. The van der Waals surface area contributed by atoms with Crippen molar-refractivity contribution < 1.29 is 14.7 Å². The number of anilines is 1. The fourth-order valence-corrected chi connectivity index (χ4v) is 6.80. The number of hydrogen-bond donors (Lipinski definition) is 1. The summed E-state index contributed by atoms with van der Waals surface area (Å²) >= 11 is 0. The lowest BCUT2D eigenvalue weighted by Crippen LogP contribution is -2.54. The number of ketones is 1. The van der Waals surface area contributed by atoms with Crippen molar-refractivity contribution in [2.24, 2.45) is 23.2 Å². The molecule has 4 saturated carbocycles. The molecule has 5 nitrogen and oxygen atoms in total. The van der Waals surface area contributed by atoms with Gasteiger partial charge in [0.05, 0.1) is 12.1 Å². The average Bonchev–Trinajstić information content (AvgIpc) is 2.67. The van der Waals surface area contributed by atoms with E-state index in [2.05, 4.69) is 9.80 Å². The van der Waals surface area contributed by atoms with E-state index in [4.69, 9.17) is 5.11 Å². The number of Topliss-reactive ketones (excluding diaryl/α,β-unsaturated/α-hetero) is 1. The standard InChI is InChI=1S/C23H30N2O3/c26-21(23-12-16-9-17(13-23)11-18(10-16)14-23)15-24-5-7-25(8-6-24)20-3-1-19(2-4-20)22(27)28/h1-4,16-18H,5-15H2,(H,27,28). The topological polar surface area (TPSA) is 60.9 Å². The maximum absolute atomic E-state index is 13.3. The summed E-state index contributed by atoms with van der Waals surface area (Å²) in [5.74, 6) is 2.09. The lowest BCUT2D eigenvalue weighted by atomic mass is 9.48. The van der Waals surface area contributed by atoms with E-state index < -0.39 is 5.97 Å². The van der Waals surface area contributed by atoms with Crippen LogP contribution < -0.4 is 4.90 Å². The Hall–Kier alpha value is -1.88. The molecule has 4 aliphatic carbocycles. The first-order valence-electron chi connectivity index (χ1n) is 10.8. The number of rotatable bonds is 5. The molecule has 0 amide bonds. The minimum Gasteiger partial charge on any atom is -0.478 e. The Bertz CT molecular complexity index is 729. The Morgan fingerprint density at radius 2 is 1.43 bits per heavy atom. The van der Waals surface area contributed by atoms with Crippen LogP contribution in [0.15, 0.2) is 24.3 Å². The molecule has 1 heterocycles. The molecule has 1 saturated heterocycles. The Morgan fingerprint density at radius 1 is 0.893 bits per heavy atom. The molecule has 150 valence electrons. The van der Waals surface area contributed by atoms with Gasteiger partial charge < -0.3 is 10.0 Å². The molecule has 5 fully saturated rings. The molecule has 0 radical (unpaired) electrons. The van der Waals surface area contributed by atoms with Gasteiger partial charge in [-0.1, -0.05) is 0 Å². The molecule has 5 heteroatoms. The number of aromatic carboxylic acids is 1. The first-order valence-corrected chi connectivity index (χ1v) is 10.8. The summed E-state index contributed by atoms with van der Waals surface area (Å²) in [4.78, 5) is 28.9. The predicted molar refractivity (Wildman–Crippen MR) is 108 cm³/mol. The van der Waals surface area contributed by atoms with Crippen LogP contribution in [0.25, 0.3) is 0 Å². The van der Waals surface area contributed by atoms with Crippen molar-refractivity contribution in [3.63, 3.8) is 0 Å². The summed E-state index contributed by atoms with van der Waals surface area (Å²) in [7, 11) is 0. The number of benzene rings is 1. The second-order valence-corrected chi connectivity index (χ2v) is 9.74. The molecule has 6 rings (SSSR count). The molecular formula is C23H30N2O3. The van der Waals surface area contributed by atoms with Crippen LogP contribution in [0.2, 0.25) is 0 Å². The average molecular weight is 383 g/mol. The summed E-state index contributed by atoms with van der Waals surface area (Å²) < 4.78 is 0. The summed E-state index contributed by atoms with van der Waals surface area (Å²) in [6, 6.07) is 7.11. The van der Waals surface area contributed by atoms with Gasteiger partial charge in [0.1, 0.15) is 0 Å². The predicted octanol–water partition coefficient (Wildman–Crippen LogP) is 3.29. The van der Waals surface area contributed by atoms with Crippen LogP contribution in [0.3, 0.4) is 0 Å². The van der Waals surface area contributed by atoms with Gasteiger partial charge in [-0.3, -0.25) is 9.69 Å². The van der Waals surface area contributed by atoms with Crippen LogP contribution in [0.4, 0.5) is 5.69 Å². The van der Waals surface area contributed by atoms with Crippen molar-refractivity contribution in [3.05, 3.63) is 29.8 Å². The quantitative estimate of drug-likeness (QED) is 0.847. The van der Waals surface area contributed by atoms with Crippen LogP contribution in [0.1, 0.15) is 48.9 Å². The van der Waals surface area contributed by atoms with Gasteiger partial charge in [-0.15, -0.1) is 0 Å². The molecule has 0 unspecified atom stereocenters. The highest BCUT2D eigenvalue weighted by atomic mass is 16.4. The Balaban J connectivity index is 1.17. The van der Waals surface area contributed by atoms with Crippen LogP contribution >= 0.6 is 0 Å². The van der Waals surface area contributed by atoms with Crippen LogP contribution in [-0.2, 0) is 4.79 Å². The summed E-state index contributed by atoms with van der Waals surface area (Å²) in [5.41, 5.74) is 1.40. The van der Waals surface area contributed by atoms with Gasteiger partial charge in [-0.05, 0) is 80.5 Å². The third kappa shape index (κ3) is 3.24. The molecular weight excluding hydrogens is 352 g/mol. The molecule has 28 heavy (non-hydrogen) atoms. The number of carboxylic acid groups (broad SMARTS) is 1. The smallest absolute Gasteiger partial charge is 0.335 e. The number of carboxylic acids is 1. The zero-order valence-corrected chi connectivity index (χ0v) is 16.5. The lowest BCUT2D eigenvalue weighted by Gasteiger charge is -2.56. The van der Waals surface area contributed by atoms with E-state index >= 15 is 0 Å². The van der Waals surface area contributed by atoms with Gasteiger partial charge in [0.2, 0.25) is 0 Å². The van der Waals surface area contributed by atoms with E-state index in [0.29, 0.717) is 17.9 Å². The molecule has 1 aromatic rings. The first kappa shape index (κ1) is 18.2. The molecule has 4 bridgehead atoms. The number of piperazine rings is 1. The third-order valence-electron chi connectivity index (χ3n) is 7.85. The van der Waals surface area contributed by atoms with Gasteiger partial charge in [0, 0.05) is 37.3 Å². The summed E-state index contributed by atoms with van der Waals surface area (Å²) in [6.45, 7) is 4.21. The number of carbonyl (C=O) groups is 2. The second kappa shape index (κ2) is 6.87. The van der Waals surface area contributed by atoms with Gasteiger partial charge >= 0.3 is 5.97 Å². The van der Waals surface area contributed by atoms with Gasteiger partial charge in [-0.2, -0.15) is 0 Å². The normalized spacial score (nSPS) is 34.6. The highest BCUT2D eigenvalue weighted by Gasteiger charge is 2.54. The molecule has 0 aromatic heterocycles. The Kier molecular flexibility index (Phi) is 4.46. The highest BCUT2D eigenvalue weighted by Crippen LogP contribution is 2.60. The molecule has 0 spiro atoms. The number of carbonyl (C=O) groups excluding carboxylic acids is 1. The minimum absolute atomic E-state index is 0.0124. The van der Waals surface area contributed by atoms with E-state index in [1.54, 1.807) is 12.1 Å². The maximum atomic E-state index is 13.3. The van der Waals surface area contributed by atoms with E-state index in [-0.39, 0.29) is 5.41 Å². The van der Waals surface area contributed by atoms with Crippen LogP contribution in [0.5, 0.6) is 0 Å². The van der Waals surface area contributed by atoms with E-state index in [0.717, 1.165) is 68.9 Å². The van der Waals surface area contributed by atoms with Crippen LogP contribution in [-0.4, -0.2) is 54.5 Å². The lowest BCUT2D eigenvalue weighted by molar-refractivity contribution is -0.145. The highest BCUT2D eigenvalue weighted by molar-refractivity contribution is 5.88. The summed E-state index contributed by atoms with van der Waals surface area (Å²) in [5, 5.41) is 9.04. The van der Waals surface area contributed by atoms with Gasteiger partial charge in [0.25, 0.3) is 0 Å². The van der Waals surface area contributed by atoms with Crippen molar-refractivity contribution in [2.75, 3.05) is 37.6 Å². The molecule has 1 aromatic carbocycles. The second-order valence-electron chi connectivity index (χ2n) is 9.74. The van der Waals surface area contributed by atoms with E-state index in [9.17, 15) is 9.59 Å². The van der Waals surface area contributed by atoms with E-state index in [1.807, 2.05) is 12.1 Å². The third-order valence-corrected chi connectivity index (χ3v) is 7.85. The molecule has 1 N–H and O–H groups in total. The van der Waals surface area contributed by atoms with Crippen molar-refractivity contribution in [3.8, 4) is 0 Å². The minimum atomic E-state index is -0.889. The first-order chi connectivity index (χ1) is 13.5. The maximum Gasteiger partial charge on any atom is 0.335 e. The van der Waals surface area contributed by atoms with Gasteiger partial charge in [-0.25, -0.2) is 4.79 Å². The van der Waals surface area contributed by atoms with E-state index in [1.165, 1.54) is 19.3 Å². The SMILES string of the molecule is O=C(O)c1ccc(N2CCN(CC(=O)C34CC5CC(CC(C5)C3)C4)CC2)cc1. The fraction of sp³-hybridized carbons (Fsp3) is 0.652. The van der Waals surface area contributed by atoms with Crippen molar-refractivity contribution in [1.29, 1.82) is 0 Å². The zero-order chi connectivity index (χ0) is 19.3. The molecule has 5 aliphatic rings. The fourth-order valence-electron chi connectivity index (χ4n) is 6.80. The number of nitrogens with zero attached hydrogens (tertiary/aromatic N) is 2.